The molecular weight excluding hydrogens is 270 g/mol. The molecule has 1 amide bonds. The second kappa shape index (κ2) is 7.11. The standard InChI is InChI=1S/C17H18ClNO/c1-2-16(14-6-4-3-5-7-14)17(20)19-12-13-8-10-15(18)11-9-13/h3-11,16H,2,12H2,1H3,(H,19,20)/t16-/m0/s1. The van der Waals surface area contributed by atoms with Crippen LogP contribution < -0.4 is 5.32 Å². The number of carbonyl (C=O) groups is 1. The monoisotopic (exact) mass is 287 g/mol. The summed E-state index contributed by atoms with van der Waals surface area (Å²) in [4.78, 5) is 12.3. The Morgan fingerprint density at radius 3 is 2.35 bits per heavy atom. The first-order valence-electron chi connectivity index (χ1n) is 6.77. The summed E-state index contributed by atoms with van der Waals surface area (Å²) in [5, 5.41) is 3.69. The minimum atomic E-state index is -0.0940. The van der Waals surface area contributed by atoms with E-state index < -0.39 is 0 Å². The van der Waals surface area contributed by atoms with E-state index in [1.54, 1.807) is 0 Å². The van der Waals surface area contributed by atoms with Crippen LogP contribution in [0.4, 0.5) is 0 Å². The quantitative estimate of drug-likeness (QED) is 0.879. The van der Waals surface area contributed by atoms with Gasteiger partial charge in [0.15, 0.2) is 0 Å². The van der Waals surface area contributed by atoms with Gasteiger partial charge >= 0.3 is 0 Å². The van der Waals surface area contributed by atoms with E-state index in [-0.39, 0.29) is 11.8 Å². The molecule has 0 unspecified atom stereocenters. The molecule has 2 rings (SSSR count). The molecule has 2 nitrogen and oxygen atoms in total. The molecule has 0 aliphatic carbocycles. The van der Waals surface area contributed by atoms with Gasteiger partial charge in [-0.2, -0.15) is 0 Å². The van der Waals surface area contributed by atoms with Gasteiger partial charge in [0.2, 0.25) is 5.91 Å². The third-order valence-corrected chi connectivity index (χ3v) is 3.56. The van der Waals surface area contributed by atoms with Gasteiger partial charge in [-0.25, -0.2) is 0 Å². The van der Waals surface area contributed by atoms with Crippen molar-refractivity contribution in [1.82, 2.24) is 5.32 Å². The summed E-state index contributed by atoms with van der Waals surface area (Å²) >= 11 is 5.84. The highest BCUT2D eigenvalue weighted by atomic mass is 35.5. The lowest BCUT2D eigenvalue weighted by Crippen LogP contribution is -2.28. The smallest absolute Gasteiger partial charge is 0.227 e. The number of halogens is 1. The molecule has 1 N–H and O–H groups in total. The second-order valence-corrected chi connectivity index (χ2v) is 5.15. The Bertz CT molecular complexity index is 551. The number of hydrogen-bond donors (Lipinski definition) is 1. The molecule has 0 fully saturated rings. The SMILES string of the molecule is CC[C@H](C(=O)NCc1ccc(Cl)cc1)c1ccccc1. The third kappa shape index (κ3) is 3.84. The van der Waals surface area contributed by atoms with Crippen molar-refractivity contribution in [1.29, 1.82) is 0 Å². The Hall–Kier alpha value is -1.80. The van der Waals surface area contributed by atoms with Gasteiger partial charge in [-0.15, -0.1) is 0 Å². The minimum absolute atomic E-state index is 0.0636. The van der Waals surface area contributed by atoms with E-state index in [9.17, 15) is 4.79 Å². The minimum Gasteiger partial charge on any atom is -0.351 e. The summed E-state index contributed by atoms with van der Waals surface area (Å²) in [5.41, 5.74) is 2.11. The van der Waals surface area contributed by atoms with Crippen molar-refractivity contribution in [2.45, 2.75) is 25.8 Å². The maximum Gasteiger partial charge on any atom is 0.227 e. The topological polar surface area (TPSA) is 29.1 Å². The van der Waals surface area contributed by atoms with Gasteiger partial charge < -0.3 is 5.32 Å². The van der Waals surface area contributed by atoms with E-state index in [1.165, 1.54) is 0 Å². The third-order valence-electron chi connectivity index (χ3n) is 3.31. The first kappa shape index (κ1) is 14.6. The van der Waals surface area contributed by atoms with Gasteiger partial charge in [0, 0.05) is 11.6 Å². The van der Waals surface area contributed by atoms with Crippen LogP contribution in [0.5, 0.6) is 0 Å². The average Bonchev–Trinajstić information content (AvgIpc) is 2.48. The molecule has 0 saturated heterocycles. The lowest BCUT2D eigenvalue weighted by Gasteiger charge is -2.15. The summed E-state index contributed by atoms with van der Waals surface area (Å²) < 4.78 is 0. The maximum atomic E-state index is 12.3. The Labute approximate surface area is 124 Å². The highest BCUT2D eigenvalue weighted by molar-refractivity contribution is 6.30. The van der Waals surface area contributed by atoms with E-state index in [0.717, 1.165) is 17.5 Å². The Kier molecular flexibility index (Phi) is 5.19. The molecule has 1 atom stereocenters. The predicted octanol–water partition coefficient (Wildman–Crippen LogP) is 4.15. The highest BCUT2D eigenvalue weighted by Gasteiger charge is 2.17. The molecule has 2 aromatic rings. The number of carbonyl (C=O) groups excluding carboxylic acids is 1. The Morgan fingerprint density at radius 2 is 1.75 bits per heavy atom. The highest BCUT2D eigenvalue weighted by Crippen LogP contribution is 2.19. The van der Waals surface area contributed by atoms with Crippen LogP contribution in [-0.4, -0.2) is 5.91 Å². The Morgan fingerprint density at radius 1 is 1.10 bits per heavy atom. The fourth-order valence-electron chi connectivity index (χ4n) is 2.17. The van der Waals surface area contributed by atoms with Crippen LogP contribution in [-0.2, 0) is 11.3 Å². The van der Waals surface area contributed by atoms with Crippen molar-refractivity contribution in [3.05, 3.63) is 70.7 Å². The van der Waals surface area contributed by atoms with E-state index in [0.29, 0.717) is 11.6 Å². The van der Waals surface area contributed by atoms with Gasteiger partial charge in [-0.1, -0.05) is 61.0 Å². The molecule has 0 heterocycles. The van der Waals surface area contributed by atoms with Gasteiger partial charge in [0.1, 0.15) is 0 Å². The van der Waals surface area contributed by atoms with Crippen LogP contribution in [0, 0.1) is 0 Å². The van der Waals surface area contributed by atoms with E-state index in [2.05, 4.69) is 5.32 Å². The number of hydrogen-bond acceptors (Lipinski definition) is 1. The summed E-state index contributed by atoms with van der Waals surface area (Å²) in [7, 11) is 0. The van der Waals surface area contributed by atoms with Crippen molar-refractivity contribution in [3.63, 3.8) is 0 Å². The fourth-order valence-corrected chi connectivity index (χ4v) is 2.30. The fraction of sp³-hybridized carbons (Fsp3) is 0.235. The second-order valence-electron chi connectivity index (χ2n) is 4.72. The summed E-state index contributed by atoms with van der Waals surface area (Å²) in [6.07, 6.45) is 0.788. The van der Waals surface area contributed by atoms with Crippen molar-refractivity contribution < 1.29 is 4.79 Å². The molecule has 0 aromatic heterocycles. The molecule has 104 valence electrons. The van der Waals surface area contributed by atoms with Crippen molar-refractivity contribution >= 4 is 17.5 Å². The number of benzene rings is 2. The summed E-state index contributed by atoms with van der Waals surface area (Å²) in [6.45, 7) is 2.55. The first-order valence-corrected chi connectivity index (χ1v) is 7.15. The van der Waals surface area contributed by atoms with Crippen LogP contribution in [0.2, 0.25) is 5.02 Å². The molecule has 2 aromatic carbocycles. The van der Waals surface area contributed by atoms with Crippen LogP contribution in [0.15, 0.2) is 54.6 Å². The van der Waals surface area contributed by atoms with Crippen LogP contribution in [0.3, 0.4) is 0 Å². The predicted molar refractivity (Wildman–Crippen MR) is 82.8 cm³/mol. The zero-order valence-electron chi connectivity index (χ0n) is 11.5. The van der Waals surface area contributed by atoms with E-state index >= 15 is 0 Å². The lowest BCUT2D eigenvalue weighted by atomic mass is 9.95. The zero-order valence-corrected chi connectivity index (χ0v) is 12.2. The maximum absolute atomic E-state index is 12.3. The number of rotatable bonds is 5. The normalized spacial score (nSPS) is 11.9. The molecule has 0 bridgehead atoms. The summed E-state index contributed by atoms with van der Waals surface area (Å²) in [6, 6.07) is 17.4. The number of amides is 1. The van der Waals surface area contributed by atoms with Crippen molar-refractivity contribution in [2.75, 3.05) is 0 Å². The first-order chi connectivity index (χ1) is 9.70. The van der Waals surface area contributed by atoms with Crippen LogP contribution in [0.1, 0.15) is 30.4 Å². The molecule has 20 heavy (non-hydrogen) atoms. The molecule has 3 heteroatoms. The van der Waals surface area contributed by atoms with Crippen LogP contribution >= 0.6 is 11.6 Å². The van der Waals surface area contributed by atoms with E-state index in [4.69, 9.17) is 11.6 Å². The molecule has 0 aliphatic heterocycles. The van der Waals surface area contributed by atoms with Crippen molar-refractivity contribution in [3.8, 4) is 0 Å². The molecule has 0 radical (unpaired) electrons. The molecular formula is C17H18ClNO. The zero-order chi connectivity index (χ0) is 14.4. The largest absolute Gasteiger partial charge is 0.351 e. The molecule has 0 saturated carbocycles. The van der Waals surface area contributed by atoms with Gasteiger partial charge in [-0.3, -0.25) is 4.79 Å². The van der Waals surface area contributed by atoms with Crippen LogP contribution in [0.25, 0.3) is 0 Å². The van der Waals surface area contributed by atoms with Gasteiger partial charge in [-0.05, 0) is 29.7 Å². The van der Waals surface area contributed by atoms with E-state index in [1.807, 2.05) is 61.5 Å². The summed E-state index contributed by atoms with van der Waals surface area (Å²) in [5.74, 6) is -0.0304. The number of nitrogens with one attached hydrogen (secondary N) is 1. The van der Waals surface area contributed by atoms with Gasteiger partial charge in [0.05, 0.1) is 5.92 Å². The Balaban J connectivity index is 1.98. The molecule has 0 spiro atoms. The lowest BCUT2D eigenvalue weighted by molar-refractivity contribution is -0.122. The average molecular weight is 288 g/mol. The van der Waals surface area contributed by atoms with Crippen molar-refractivity contribution in [2.24, 2.45) is 0 Å². The van der Waals surface area contributed by atoms with Gasteiger partial charge in [0.25, 0.3) is 0 Å². The molecule has 0 aliphatic rings.